The number of anilines is 2. The van der Waals surface area contributed by atoms with E-state index in [-0.39, 0.29) is 5.91 Å². The number of ether oxygens (including phenoxy) is 1. The lowest BCUT2D eigenvalue weighted by Gasteiger charge is -2.26. The molecule has 0 bridgehead atoms. The maximum Gasteiger partial charge on any atom is 0.257 e. The van der Waals surface area contributed by atoms with Gasteiger partial charge < -0.3 is 15.4 Å². The van der Waals surface area contributed by atoms with Gasteiger partial charge in [0.1, 0.15) is 5.82 Å². The van der Waals surface area contributed by atoms with Crippen molar-refractivity contribution in [3.63, 3.8) is 0 Å². The van der Waals surface area contributed by atoms with Gasteiger partial charge in [0.15, 0.2) is 0 Å². The van der Waals surface area contributed by atoms with Crippen LogP contribution in [0.15, 0.2) is 48.7 Å². The number of fused-ring (bicyclic) bond motifs is 1. The lowest BCUT2D eigenvalue weighted by atomic mass is 10.1. The van der Waals surface area contributed by atoms with Crippen LogP contribution in [0.1, 0.15) is 11.1 Å². The minimum absolute atomic E-state index is 0.301. The van der Waals surface area contributed by atoms with Crippen LogP contribution in [-0.4, -0.2) is 37.1 Å². The van der Waals surface area contributed by atoms with Crippen molar-refractivity contribution in [2.75, 3.05) is 36.9 Å². The molecule has 2 aliphatic heterocycles. The first-order valence-corrected chi connectivity index (χ1v) is 8.67. The van der Waals surface area contributed by atoms with Crippen LogP contribution in [0, 0.1) is 5.82 Å². The van der Waals surface area contributed by atoms with Crippen molar-refractivity contribution in [3.05, 3.63) is 65.6 Å². The number of benzene rings is 2. The fourth-order valence-electron chi connectivity index (χ4n) is 3.22. The van der Waals surface area contributed by atoms with Gasteiger partial charge in [-0.1, -0.05) is 18.2 Å². The number of hydrogen-bond acceptors (Lipinski definition) is 4. The van der Waals surface area contributed by atoms with Gasteiger partial charge in [-0.2, -0.15) is 0 Å². The number of carbonyl (C=O) groups excluding carboxylic acids is 1. The van der Waals surface area contributed by atoms with Crippen LogP contribution in [0.3, 0.4) is 0 Å². The molecule has 2 aliphatic rings. The molecular weight excluding hydrogens is 333 g/mol. The van der Waals surface area contributed by atoms with Crippen LogP contribution in [-0.2, 0) is 16.1 Å². The first-order valence-electron chi connectivity index (χ1n) is 8.67. The number of carbonyl (C=O) groups is 1. The molecule has 2 N–H and O–H groups in total. The van der Waals surface area contributed by atoms with Crippen LogP contribution in [0.2, 0.25) is 0 Å². The third-order valence-corrected chi connectivity index (χ3v) is 4.62. The Hall–Kier alpha value is -2.70. The smallest absolute Gasteiger partial charge is 0.257 e. The van der Waals surface area contributed by atoms with Gasteiger partial charge in [0.25, 0.3) is 5.91 Å². The van der Waals surface area contributed by atoms with E-state index in [4.69, 9.17) is 4.74 Å². The molecule has 1 amide bonds. The number of amides is 1. The molecule has 134 valence electrons. The van der Waals surface area contributed by atoms with Crippen LogP contribution in [0.5, 0.6) is 0 Å². The Bertz CT molecular complexity index is 843. The lowest BCUT2D eigenvalue weighted by molar-refractivity contribution is -0.110. The van der Waals surface area contributed by atoms with Crippen molar-refractivity contribution in [2.45, 2.75) is 6.54 Å². The highest BCUT2D eigenvalue weighted by molar-refractivity contribution is 6.31. The molecule has 1 saturated heterocycles. The van der Waals surface area contributed by atoms with Gasteiger partial charge in [-0.05, 0) is 29.8 Å². The Balaban J connectivity index is 1.45. The summed E-state index contributed by atoms with van der Waals surface area (Å²) < 4.78 is 19.4. The van der Waals surface area contributed by atoms with Gasteiger partial charge in [0.05, 0.1) is 24.5 Å². The average molecular weight is 353 g/mol. The highest BCUT2D eigenvalue weighted by Crippen LogP contribution is 2.33. The molecule has 1 fully saturated rings. The minimum Gasteiger partial charge on any atom is -0.379 e. The fraction of sp³-hybridized carbons (Fsp3) is 0.250. The highest BCUT2D eigenvalue weighted by atomic mass is 19.1. The van der Waals surface area contributed by atoms with Gasteiger partial charge >= 0.3 is 0 Å². The van der Waals surface area contributed by atoms with Crippen molar-refractivity contribution in [1.29, 1.82) is 0 Å². The van der Waals surface area contributed by atoms with Gasteiger partial charge in [0.2, 0.25) is 0 Å². The summed E-state index contributed by atoms with van der Waals surface area (Å²) in [6.45, 7) is 4.37. The predicted octanol–water partition coefficient (Wildman–Crippen LogP) is 3.06. The van der Waals surface area contributed by atoms with Gasteiger partial charge in [0, 0.05) is 37.1 Å². The molecule has 0 aliphatic carbocycles. The van der Waals surface area contributed by atoms with E-state index in [1.54, 1.807) is 18.3 Å². The largest absolute Gasteiger partial charge is 0.379 e. The van der Waals surface area contributed by atoms with E-state index in [0.717, 1.165) is 38.5 Å². The highest BCUT2D eigenvalue weighted by Gasteiger charge is 2.27. The average Bonchev–Trinajstić information content (AvgIpc) is 2.98. The second kappa shape index (κ2) is 7.27. The summed E-state index contributed by atoms with van der Waals surface area (Å²) in [6, 6.07) is 12.7. The Labute approximate surface area is 151 Å². The van der Waals surface area contributed by atoms with E-state index in [1.165, 1.54) is 11.6 Å². The van der Waals surface area contributed by atoms with E-state index >= 15 is 0 Å². The summed E-state index contributed by atoms with van der Waals surface area (Å²) in [7, 11) is 0. The molecular formula is C20H20FN3O2. The molecule has 0 aromatic heterocycles. The van der Waals surface area contributed by atoms with Crippen molar-refractivity contribution < 1.29 is 13.9 Å². The number of hydrogen-bond donors (Lipinski definition) is 2. The molecule has 2 aromatic carbocycles. The number of rotatable bonds is 4. The van der Waals surface area contributed by atoms with Crippen molar-refractivity contribution in [3.8, 4) is 0 Å². The standard InChI is InChI=1S/C20H20FN3O2/c21-17-2-1-3-18-19(17)16(20(25)23-18)12-22-15-6-4-14(5-7-15)13-24-8-10-26-11-9-24/h1-7,12,22H,8-11,13H2,(H,23,25). The Morgan fingerprint density at radius 2 is 1.92 bits per heavy atom. The Morgan fingerprint density at radius 3 is 2.69 bits per heavy atom. The van der Waals surface area contributed by atoms with E-state index in [2.05, 4.69) is 27.7 Å². The topological polar surface area (TPSA) is 53.6 Å². The molecule has 0 saturated carbocycles. The van der Waals surface area contributed by atoms with Crippen LogP contribution < -0.4 is 10.6 Å². The van der Waals surface area contributed by atoms with Crippen molar-refractivity contribution >= 4 is 22.9 Å². The number of morpholine rings is 1. The molecule has 4 rings (SSSR count). The molecule has 0 unspecified atom stereocenters. The minimum atomic E-state index is -0.408. The summed E-state index contributed by atoms with van der Waals surface area (Å²) in [5.41, 5.74) is 3.19. The monoisotopic (exact) mass is 353 g/mol. The first kappa shape index (κ1) is 16.8. The maximum absolute atomic E-state index is 14.0. The SMILES string of the molecule is O=C1Nc2cccc(F)c2C1=CNc1ccc(CN2CCOCC2)cc1. The summed E-state index contributed by atoms with van der Waals surface area (Å²) in [4.78, 5) is 14.4. The molecule has 2 heterocycles. The first-order chi connectivity index (χ1) is 12.7. The second-order valence-electron chi connectivity index (χ2n) is 6.40. The number of halogens is 1. The Morgan fingerprint density at radius 1 is 1.15 bits per heavy atom. The van der Waals surface area contributed by atoms with Gasteiger partial charge in [-0.3, -0.25) is 9.69 Å². The normalized spacial score (nSPS) is 18.7. The molecule has 26 heavy (non-hydrogen) atoms. The van der Waals surface area contributed by atoms with Gasteiger partial charge in [-0.15, -0.1) is 0 Å². The molecule has 0 atom stereocenters. The maximum atomic E-state index is 14.0. The molecule has 5 nitrogen and oxygen atoms in total. The molecule has 0 radical (unpaired) electrons. The fourth-order valence-corrected chi connectivity index (χ4v) is 3.22. The van der Waals surface area contributed by atoms with Gasteiger partial charge in [-0.25, -0.2) is 4.39 Å². The zero-order chi connectivity index (χ0) is 17.9. The second-order valence-corrected chi connectivity index (χ2v) is 6.40. The van der Waals surface area contributed by atoms with E-state index < -0.39 is 5.82 Å². The third-order valence-electron chi connectivity index (χ3n) is 4.62. The van der Waals surface area contributed by atoms with Crippen LogP contribution in [0.25, 0.3) is 5.57 Å². The summed E-state index contributed by atoms with van der Waals surface area (Å²) in [5, 5.41) is 5.77. The quantitative estimate of drug-likeness (QED) is 0.830. The zero-order valence-electron chi connectivity index (χ0n) is 14.3. The third kappa shape index (κ3) is 3.47. The van der Waals surface area contributed by atoms with Crippen LogP contribution >= 0.6 is 0 Å². The zero-order valence-corrected chi connectivity index (χ0v) is 14.3. The predicted molar refractivity (Wildman–Crippen MR) is 99.2 cm³/mol. The Kier molecular flexibility index (Phi) is 4.69. The van der Waals surface area contributed by atoms with Crippen molar-refractivity contribution in [2.24, 2.45) is 0 Å². The van der Waals surface area contributed by atoms with E-state index in [0.29, 0.717) is 16.8 Å². The molecule has 6 heteroatoms. The lowest BCUT2D eigenvalue weighted by Crippen LogP contribution is -2.35. The van der Waals surface area contributed by atoms with E-state index in [1.807, 2.05) is 12.1 Å². The number of nitrogens with zero attached hydrogens (tertiary/aromatic N) is 1. The summed E-state index contributed by atoms with van der Waals surface area (Å²) >= 11 is 0. The van der Waals surface area contributed by atoms with Crippen LogP contribution in [0.4, 0.5) is 15.8 Å². The summed E-state index contributed by atoms with van der Waals surface area (Å²) in [6.07, 6.45) is 1.56. The summed E-state index contributed by atoms with van der Waals surface area (Å²) in [5.74, 6) is -0.712. The van der Waals surface area contributed by atoms with Crippen molar-refractivity contribution in [1.82, 2.24) is 4.90 Å². The molecule has 2 aromatic rings. The number of nitrogens with one attached hydrogen (secondary N) is 2. The molecule has 0 spiro atoms. The van der Waals surface area contributed by atoms with E-state index in [9.17, 15) is 9.18 Å².